The van der Waals surface area contributed by atoms with Crippen LogP contribution in [0.1, 0.15) is 26.3 Å². The van der Waals surface area contributed by atoms with Crippen LogP contribution in [0.5, 0.6) is 0 Å². The molecule has 1 aliphatic carbocycles. The predicted molar refractivity (Wildman–Crippen MR) is 74.1 cm³/mol. The number of hydrogen-bond donors (Lipinski definition) is 0. The molecular formula is C15H9Na2O6P. The molecule has 0 fully saturated rings. The number of ketones is 2. The molecule has 0 N–H and O–H groups in total. The second-order valence-electron chi connectivity index (χ2n) is 4.86. The van der Waals surface area contributed by atoms with Crippen LogP contribution >= 0.6 is 7.82 Å². The zero-order valence-corrected chi connectivity index (χ0v) is 18.0. The van der Waals surface area contributed by atoms with E-state index in [9.17, 15) is 23.9 Å². The Bertz CT molecular complexity index is 887. The summed E-state index contributed by atoms with van der Waals surface area (Å²) in [5.74, 6) is -0.496. The maximum absolute atomic E-state index is 11.8. The Kier molecular flexibility index (Phi) is 7.78. The molecular weight excluding hydrogens is 353 g/mol. The van der Waals surface area contributed by atoms with Gasteiger partial charge in [-0.3, -0.25) is 9.59 Å². The third-order valence-electron chi connectivity index (χ3n) is 3.35. The summed E-state index contributed by atoms with van der Waals surface area (Å²) in [6, 6.07) is 8.07. The normalized spacial score (nSPS) is 13.2. The van der Waals surface area contributed by atoms with E-state index >= 15 is 0 Å². The molecule has 0 heterocycles. The second kappa shape index (κ2) is 8.52. The average Bonchev–Trinajstić information content (AvgIpc) is 2.47. The van der Waals surface area contributed by atoms with E-state index in [4.69, 9.17) is 0 Å². The van der Waals surface area contributed by atoms with Gasteiger partial charge in [-0.2, -0.15) is 0 Å². The number of rotatable bonds is 3. The average molecular weight is 362 g/mol. The molecule has 0 unspecified atom stereocenters. The third kappa shape index (κ3) is 4.96. The number of benzene rings is 2. The van der Waals surface area contributed by atoms with Crippen LogP contribution in [0.4, 0.5) is 0 Å². The van der Waals surface area contributed by atoms with Gasteiger partial charge in [-0.25, -0.2) is 0 Å². The van der Waals surface area contributed by atoms with Gasteiger partial charge in [-0.15, -0.1) is 0 Å². The molecule has 0 saturated heterocycles. The van der Waals surface area contributed by atoms with Gasteiger partial charge in [0.2, 0.25) is 0 Å². The van der Waals surface area contributed by atoms with Crippen molar-refractivity contribution in [3.63, 3.8) is 0 Å². The van der Waals surface area contributed by atoms with Gasteiger partial charge < -0.3 is 18.9 Å². The fraction of sp³-hybridized carbons (Fsp3) is 0.0667. The predicted octanol–water partition coefficient (Wildman–Crippen LogP) is -4.87. The second-order valence-corrected chi connectivity index (χ2v) is 6.01. The number of phosphoric acid groups is 1. The number of carbonyl (C=O) groups is 2. The third-order valence-corrected chi connectivity index (χ3v) is 3.79. The molecule has 0 aliphatic heterocycles. The number of fused-ring (bicyclic) bond motifs is 2. The molecule has 0 atom stereocenters. The van der Waals surface area contributed by atoms with Crippen LogP contribution in [0.3, 0.4) is 0 Å². The van der Waals surface area contributed by atoms with E-state index in [1.807, 2.05) is 0 Å². The van der Waals surface area contributed by atoms with Crippen LogP contribution in [-0.2, 0) is 15.7 Å². The first-order chi connectivity index (χ1) is 10.3. The van der Waals surface area contributed by atoms with Gasteiger partial charge in [-0.1, -0.05) is 12.1 Å². The Morgan fingerprint density at radius 1 is 0.875 bits per heavy atom. The molecule has 2 aromatic rings. The monoisotopic (exact) mass is 362 g/mol. The van der Waals surface area contributed by atoms with Gasteiger partial charge in [0.15, 0.2) is 11.6 Å². The van der Waals surface area contributed by atoms with E-state index in [1.54, 1.807) is 30.3 Å². The van der Waals surface area contributed by atoms with Crippen LogP contribution in [0.2, 0.25) is 0 Å². The summed E-state index contributed by atoms with van der Waals surface area (Å²) in [6.07, 6.45) is 2.45. The summed E-state index contributed by atoms with van der Waals surface area (Å²) in [6.45, 7) is -0.371. The summed E-state index contributed by atoms with van der Waals surface area (Å²) in [4.78, 5) is 44.6. The van der Waals surface area contributed by atoms with Crippen molar-refractivity contribution in [3.05, 3.63) is 59.2 Å². The van der Waals surface area contributed by atoms with Crippen molar-refractivity contribution in [2.24, 2.45) is 0 Å². The van der Waals surface area contributed by atoms with Gasteiger partial charge in [0.25, 0.3) is 0 Å². The topological polar surface area (TPSA) is 107 Å². The molecule has 0 spiro atoms. The van der Waals surface area contributed by atoms with E-state index in [0.717, 1.165) is 5.39 Å². The summed E-state index contributed by atoms with van der Waals surface area (Å²) >= 11 is 0. The van der Waals surface area contributed by atoms with Gasteiger partial charge in [0, 0.05) is 11.1 Å². The molecule has 0 saturated carbocycles. The van der Waals surface area contributed by atoms with Crippen LogP contribution < -0.4 is 68.9 Å². The largest absolute Gasteiger partial charge is 1.00 e. The van der Waals surface area contributed by atoms with Crippen molar-refractivity contribution in [3.8, 4) is 0 Å². The van der Waals surface area contributed by atoms with E-state index in [0.29, 0.717) is 22.1 Å². The molecule has 0 radical (unpaired) electrons. The molecule has 112 valence electrons. The Labute approximate surface area is 182 Å². The van der Waals surface area contributed by atoms with Crippen LogP contribution in [0, 0.1) is 0 Å². The number of allylic oxidation sites excluding steroid dienone is 2. The fourth-order valence-corrected chi connectivity index (χ4v) is 2.64. The minimum Gasteiger partial charge on any atom is -0.790 e. The van der Waals surface area contributed by atoms with Crippen molar-refractivity contribution in [1.82, 2.24) is 0 Å². The molecule has 0 amide bonds. The molecule has 9 heteroatoms. The van der Waals surface area contributed by atoms with E-state index < -0.39 is 7.82 Å². The molecule has 0 aromatic heterocycles. The Morgan fingerprint density at radius 3 is 1.96 bits per heavy atom. The van der Waals surface area contributed by atoms with Crippen LogP contribution in [0.15, 0.2) is 42.5 Å². The van der Waals surface area contributed by atoms with Gasteiger partial charge in [-0.05, 0) is 46.7 Å². The first kappa shape index (κ1) is 21.9. The maximum Gasteiger partial charge on any atom is 1.00 e. The molecule has 0 bridgehead atoms. The summed E-state index contributed by atoms with van der Waals surface area (Å²) < 4.78 is 14.7. The van der Waals surface area contributed by atoms with Crippen molar-refractivity contribution < 1.29 is 87.6 Å². The quantitative estimate of drug-likeness (QED) is 0.400. The molecule has 3 rings (SSSR count). The summed E-state index contributed by atoms with van der Waals surface area (Å²) in [5, 5.41) is 1.38. The van der Waals surface area contributed by atoms with E-state index in [2.05, 4.69) is 4.52 Å². The summed E-state index contributed by atoms with van der Waals surface area (Å²) in [5.41, 5.74) is 1.12. The van der Waals surface area contributed by atoms with Gasteiger partial charge in [0.1, 0.15) is 0 Å². The number of phosphoric ester groups is 1. The molecule has 2 aromatic carbocycles. The van der Waals surface area contributed by atoms with Crippen molar-refractivity contribution >= 4 is 30.2 Å². The van der Waals surface area contributed by atoms with Gasteiger partial charge in [0.05, 0.1) is 14.4 Å². The van der Waals surface area contributed by atoms with E-state index in [1.165, 1.54) is 12.2 Å². The zero-order valence-electron chi connectivity index (χ0n) is 13.1. The molecule has 6 nitrogen and oxygen atoms in total. The maximum atomic E-state index is 11.8. The van der Waals surface area contributed by atoms with Gasteiger partial charge >= 0.3 is 59.1 Å². The molecule has 1 aliphatic rings. The van der Waals surface area contributed by atoms with Crippen LogP contribution in [-0.4, -0.2) is 11.6 Å². The van der Waals surface area contributed by atoms with E-state index in [-0.39, 0.29) is 77.3 Å². The standard InChI is InChI=1S/C15H11O6P.2Na/c16-14-3-4-15(17)13-7-11-5-9(8-21-22(18,19)20)1-2-10(11)6-12(13)14;;/h1-7H,8H2,(H2,18,19,20);;/q;2*+1/p-2. The number of hydrogen-bond acceptors (Lipinski definition) is 6. The molecule has 24 heavy (non-hydrogen) atoms. The Balaban J connectivity index is 0.00000144. The minimum absolute atomic E-state index is 0. The summed E-state index contributed by atoms with van der Waals surface area (Å²) in [7, 11) is -5.04. The zero-order chi connectivity index (χ0) is 15.9. The van der Waals surface area contributed by atoms with Crippen LogP contribution in [0.25, 0.3) is 10.8 Å². The first-order valence-corrected chi connectivity index (χ1v) is 7.79. The SMILES string of the molecule is O=C1C=CC(=O)c2cc3cc(COP(=O)([O-])[O-])ccc3cc21.[Na+].[Na+]. The van der Waals surface area contributed by atoms with Crippen molar-refractivity contribution in [1.29, 1.82) is 0 Å². The first-order valence-electron chi connectivity index (χ1n) is 6.33. The Morgan fingerprint density at radius 2 is 1.42 bits per heavy atom. The van der Waals surface area contributed by atoms with Crippen molar-refractivity contribution in [2.45, 2.75) is 6.61 Å². The smallest absolute Gasteiger partial charge is 0.790 e. The minimum atomic E-state index is -5.04. The fourth-order valence-electron chi connectivity index (χ4n) is 2.33. The number of carbonyl (C=O) groups excluding carboxylic acids is 2. The van der Waals surface area contributed by atoms with Crippen molar-refractivity contribution in [2.75, 3.05) is 0 Å². The Hall–Kier alpha value is -0.110.